The standard InChI is InChI=1S/C21H23F2NO4/c1-3-14(2)19(15-7-5-4-6-8-15)20(26)27-13-18(25)24-16-9-11-17(12-10-16)28-21(22)23/h4-12,14,19,21H,3,13H2,1-2H3,(H,24,25)/t14-,19-/m1/s1. The minimum atomic E-state index is -2.91. The van der Waals surface area contributed by atoms with Crippen molar-refractivity contribution in [2.24, 2.45) is 5.92 Å². The van der Waals surface area contributed by atoms with Gasteiger partial charge >= 0.3 is 12.6 Å². The zero-order chi connectivity index (χ0) is 20.5. The summed E-state index contributed by atoms with van der Waals surface area (Å²) in [5.41, 5.74) is 1.22. The number of amides is 1. The smallest absolute Gasteiger partial charge is 0.387 e. The third-order valence-corrected chi connectivity index (χ3v) is 4.33. The van der Waals surface area contributed by atoms with E-state index in [-0.39, 0.29) is 11.7 Å². The molecule has 2 rings (SSSR count). The maximum Gasteiger partial charge on any atom is 0.387 e. The van der Waals surface area contributed by atoms with E-state index in [1.165, 1.54) is 24.3 Å². The summed E-state index contributed by atoms with van der Waals surface area (Å²) in [7, 11) is 0. The van der Waals surface area contributed by atoms with Gasteiger partial charge in [0.1, 0.15) is 5.75 Å². The maximum atomic E-state index is 12.6. The third-order valence-electron chi connectivity index (χ3n) is 4.33. The Balaban J connectivity index is 1.92. The Hall–Kier alpha value is -2.96. The average molecular weight is 391 g/mol. The number of carbonyl (C=O) groups excluding carboxylic acids is 2. The molecule has 2 atom stereocenters. The highest BCUT2D eigenvalue weighted by Crippen LogP contribution is 2.28. The number of nitrogens with one attached hydrogen (secondary N) is 1. The molecule has 0 spiro atoms. The lowest BCUT2D eigenvalue weighted by molar-refractivity contribution is -0.150. The lowest BCUT2D eigenvalue weighted by atomic mass is 9.86. The number of hydrogen-bond acceptors (Lipinski definition) is 4. The third kappa shape index (κ3) is 6.33. The highest BCUT2D eigenvalue weighted by atomic mass is 19.3. The van der Waals surface area contributed by atoms with Gasteiger partial charge < -0.3 is 14.8 Å². The summed E-state index contributed by atoms with van der Waals surface area (Å²) in [5, 5.41) is 2.54. The van der Waals surface area contributed by atoms with Crippen LogP contribution in [0.3, 0.4) is 0 Å². The monoisotopic (exact) mass is 391 g/mol. The second-order valence-corrected chi connectivity index (χ2v) is 6.33. The van der Waals surface area contributed by atoms with Gasteiger partial charge in [0, 0.05) is 5.69 Å². The van der Waals surface area contributed by atoms with E-state index >= 15 is 0 Å². The van der Waals surface area contributed by atoms with E-state index in [2.05, 4.69) is 10.1 Å². The first-order valence-corrected chi connectivity index (χ1v) is 8.97. The molecule has 0 aliphatic heterocycles. The summed E-state index contributed by atoms with van der Waals surface area (Å²) >= 11 is 0. The summed E-state index contributed by atoms with van der Waals surface area (Å²) in [6, 6.07) is 14.8. The minimum absolute atomic E-state index is 0.0151. The van der Waals surface area contributed by atoms with Gasteiger partial charge in [0.2, 0.25) is 0 Å². The van der Waals surface area contributed by atoms with Gasteiger partial charge in [-0.3, -0.25) is 9.59 Å². The molecule has 0 aliphatic carbocycles. The molecule has 0 aromatic heterocycles. The average Bonchev–Trinajstić information content (AvgIpc) is 2.68. The normalized spacial score (nSPS) is 12.9. The quantitative estimate of drug-likeness (QED) is 0.635. The fraction of sp³-hybridized carbons (Fsp3) is 0.333. The van der Waals surface area contributed by atoms with Crippen molar-refractivity contribution in [1.82, 2.24) is 0 Å². The zero-order valence-electron chi connectivity index (χ0n) is 15.7. The molecule has 1 N–H and O–H groups in total. The number of carbonyl (C=O) groups is 2. The number of benzene rings is 2. The Morgan fingerprint density at radius 1 is 1.04 bits per heavy atom. The van der Waals surface area contributed by atoms with Crippen LogP contribution in [0, 0.1) is 5.92 Å². The number of halogens is 2. The topological polar surface area (TPSA) is 64.6 Å². The van der Waals surface area contributed by atoms with Crippen molar-refractivity contribution in [3.05, 3.63) is 60.2 Å². The molecule has 5 nitrogen and oxygen atoms in total. The van der Waals surface area contributed by atoms with Gasteiger partial charge in [-0.15, -0.1) is 0 Å². The molecule has 2 aromatic carbocycles. The summed E-state index contributed by atoms with van der Waals surface area (Å²) in [5.74, 6) is -1.40. The van der Waals surface area contributed by atoms with E-state index in [1.807, 2.05) is 44.2 Å². The zero-order valence-corrected chi connectivity index (χ0v) is 15.7. The Kier molecular flexibility index (Phi) is 7.92. The van der Waals surface area contributed by atoms with Crippen molar-refractivity contribution >= 4 is 17.6 Å². The Morgan fingerprint density at radius 3 is 2.25 bits per heavy atom. The molecule has 0 unspecified atom stereocenters. The first kappa shape index (κ1) is 21.3. The van der Waals surface area contributed by atoms with E-state index in [1.54, 1.807) is 0 Å². The van der Waals surface area contributed by atoms with Crippen molar-refractivity contribution in [3.8, 4) is 5.75 Å². The number of hydrogen-bond donors (Lipinski definition) is 1. The van der Waals surface area contributed by atoms with Crippen LogP contribution in [0.2, 0.25) is 0 Å². The van der Waals surface area contributed by atoms with Gasteiger partial charge in [-0.25, -0.2) is 0 Å². The van der Waals surface area contributed by atoms with Crippen LogP contribution in [0.5, 0.6) is 5.75 Å². The predicted octanol–water partition coefficient (Wildman–Crippen LogP) is 4.60. The van der Waals surface area contributed by atoms with Gasteiger partial charge in [-0.1, -0.05) is 50.6 Å². The lowest BCUT2D eigenvalue weighted by Gasteiger charge is -2.21. The Labute approximate surface area is 162 Å². The number of anilines is 1. The molecule has 1 amide bonds. The van der Waals surface area contributed by atoms with Gasteiger partial charge in [-0.05, 0) is 35.7 Å². The molecule has 28 heavy (non-hydrogen) atoms. The molecule has 0 saturated heterocycles. The Morgan fingerprint density at radius 2 is 1.68 bits per heavy atom. The van der Waals surface area contributed by atoms with Crippen molar-refractivity contribution in [2.75, 3.05) is 11.9 Å². The van der Waals surface area contributed by atoms with Crippen LogP contribution < -0.4 is 10.1 Å². The molecule has 0 saturated carbocycles. The molecule has 0 bridgehead atoms. The summed E-state index contributed by atoms with van der Waals surface area (Å²) in [4.78, 5) is 24.6. The van der Waals surface area contributed by atoms with Crippen LogP contribution in [0.4, 0.5) is 14.5 Å². The van der Waals surface area contributed by atoms with Gasteiger partial charge in [0.15, 0.2) is 6.61 Å². The van der Waals surface area contributed by atoms with E-state index in [0.29, 0.717) is 5.69 Å². The minimum Gasteiger partial charge on any atom is -0.455 e. The molecule has 150 valence electrons. The largest absolute Gasteiger partial charge is 0.455 e. The fourth-order valence-corrected chi connectivity index (χ4v) is 2.74. The summed E-state index contributed by atoms with van der Waals surface area (Å²) in [6.07, 6.45) is 0.786. The summed E-state index contributed by atoms with van der Waals surface area (Å²) < 4.78 is 33.7. The van der Waals surface area contributed by atoms with Crippen LogP contribution in [-0.4, -0.2) is 25.1 Å². The van der Waals surface area contributed by atoms with Crippen LogP contribution in [0.1, 0.15) is 31.7 Å². The number of alkyl halides is 2. The molecule has 2 aromatic rings. The Bertz CT molecular complexity index is 766. The molecule has 0 aliphatic rings. The van der Waals surface area contributed by atoms with E-state index in [0.717, 1.165) is 12.0 Å². The maximum absolute atomic E-state index is 12.6. The van der Waals surface area contributed by atoms with Crippen molar-refractivity contribution in [3.63, 3.8) is 0 Å². The molecular formula is C21H23F2NO4. The highest BCUT2D eigenvalue weighted by molar-refractivity contribution is 5.93. The molecule has 0 fully saturated rings. The molecule has 7 heteroatoms. The fourth-order valence-electron chi connectivity index (χ4n) is 2.74. The van der Waals surface area contributed by atoms with Crippen LogP contribution in [0.15, 0.2) is 54.6 Å². The molecule has 0 heterocycles. The van der Waals surface area contributed by atoms with Gasteiger partial charge in [0.05, 0.1) is 5.92 Å². The van der Waals surface area contributed by atoms with Crippen molar-refractivity contribution < 1.29 is 27.8 Å². The highest BCUT2D eigenvalue weighted by Gasteiger charge is 2.27. The van der Waals surface area contributed by atoms with E-state index in [4.69, 9.17) is 4.74 Å². The predicted molar refractivity (Wildman–Crippen MR) is 101 cm³/mol. The number of ether oxygens (including phenoxy) is 2. The van der Waals surface area contributed by atoms with Crippen molar-refractivity contribution in [2.45, 2.75) is 32.8 Å². The first-order chi connectivity index (χ1) is 13.4. The van der Waals surface area contributed by atoms with Crippen LogP contribution in [-0.2, 0) is 14.3 Å². The molecular weight excluding hydrogens is 368 g/mol. The summed E-state index contributed by atoms with van der Waals surface area (Å²) in [6.45, 7) is 0.598. The van der Waals surface area contributed by atoms with E-state index < -0.39 is 31.0 Å². The second-order valence-electron chi connectivity index (χ2n) is 6.33. The molecule has 0 radical (unpaired) electrons. The van der Waals surface area contributed by atoms with Gasteiger partial charge in [0.25, 0.3) is 5.91 Å². The lowest BCUT2D eigenvalue weighted by Crippen LogP contribution is -2.26. The van der Waals surface area contributed by atoms with Crippen molar-refractivity contribution in [1.29, 1.82) is 0 Å². The van der Waals surface area contributed by atoms with Crippen LogP contribution in [0.25, 0.3) is 0 Å². The van der Waals surface area contributed by atoms with Crippen LogP contribution >= 0.6 is 0 Å². The first-order valence-electron chi connectivity index (χ1n) is 8.97. The number of rotatable bonds is 9. The van der Waals surface area contributed by atoms with Gasteiger partial charge in [-0.2, -0.15) is 8.78 Å². The van der Waals surface area contributed by atoms with E-state index in [9.17, 15) is 18.4 Å². The number of esters is 1. The SMILES string of the molecule is CC[C@@H](C)[C@@H](C(=O)OCC(=O)Nc1ccc(OC(F)F)cc1)c1ccccc1. The second kappa shape index (κ2) is 10.4.